The molecule has 2 rings (SSSR count). The topological polar surface area (TPSA) is 25.8 Å². The fourth-order valence-corrected chi connectivity index (χ4v) is 1.59. The number of benzene rings is 1. The smallest absolute Gasteiger partial charge is 0.0885 e. The minimum Gasteiger partial charge on any atom is -0.257 e. The molecule has 0 aliphatic rings. The molecule has 2 nitrogen and oxygen atoms in total. The molecule has 0 fully saturated rings. The van der Waals surface area contributed by atoms with E-state index in [0.29, 0.717) is 5.92 Å². The van der Waals surface area contributed by atoms with Crippen molar-refractivity contribution < 1.29 is 0 Å². The van der Waals surface area contributed by atoms with Crippen LogP contribution in [-0.2, 0) is 0 Å². The highest BCUT2D eigenvalue weighted by Crippen LogP contribution is 2.18. The summed E-state index contributed by atoms with van der Waals surface area (Å²) in [6.07, 6.45) is 3.71. The lowest BCUT2D eigenvalue weighted by molar-refractivity contribution is 0.813. The van der Waals surface area contributed by atoms with Crippen molar-refractivity contribution in [1.82, 2.24) is 9.97 Å². The Hall–Kier alpha value is -1.70. The van der Waals surface area contributed by atoms with E-state index in [1.165, 1.54) is 5.56 Å². The van der Waals surface area contributed by atoms with Gasteiger partial charge in [-0.15, -0.1) is 0 Å². The third kappa shape index (κ3) is 2.27. The maximum Gasteiger partial charge on any atom is 0.0885 e. The Labute approximate surface area is 96.4 Å². The summed E-state index contributed by atoms with van der Waals surface area (Å²) in [5.74, 6) is 0.430. The van der Waals surface area contributed by atoms with Crippen LogP contribution in [0.15, 0.2) is 36.7 Å². The van der Waals surface area contributed by atoms with Gasteiger partial charge in [0.25, 0.3) is 0 Å². The number of hydrogen-bond acceptors (Lipinski definition) is 2. The van der Waals surface area contributed by atoms with Crippen LogP contribution in [0.2, 0.25) is 0 Å². The van der Waals surface area contributed by atoms with Gasteiger partial charge in [0.2, 0.25) is 0 Å². The molecule has 1 heterocycles. The SMILES string of the molecule is Cc1cccc(-c2cnc(C(C)C)cn2)c1. The molecule has 16 heavy (non-hydrogen) atoms. The van der Waals surface area contributed by atoms with Crippen LogP contribution < -0.4 is 0 Å². The first kappa shape index (κ1) is 10.8. The van der Waals surface area contributed by atoms with E-state index in [4.69, 9.17) is 0 Å². The molecule has 82 valence electrons. The second-order valence-corrected chi connectivity index (χ2v) is 4.35. The van der Waals surface area contributed by atoms with E-state index in [1.54, 1.807) is 0 Å². The van der Waals surface area contributed by atoms with Crippen molar-refractivity contribution in [3.63, 3.8) is 0 Å². The van der Waals surface area contributed by atoms with Gasteiger partial charge in [0, 0.05) is 11.8 Å². The molecular weight excluding hydrogens is 196 g/mol. The molecule has 0 bridgehead atoms. The zero-order valence-electron chi connectivity index (χ0n) is 9.94. The summed E-state index contributed by atoms with van der Waals surface area (Å²) in [7, 11) is 0. The molecule has 1 aromatic carbocycles. The molecule has 0 saturated heterocycles. The molecule has 0 aliphatic carbocycles. The lowest BCUT2D eigenvalue weighted by Gasteiger charge is -2.05. The standard InChI is InChI=1S/C14H16N2/c1-10(2)13-8-16-14(9-15-13)12-6-4-5-11(3)7-12/h4-10H,1-3H3. The largest absolute Gasteiger partial charge is 0.257 e. The molecule has 0 N–H and O–H groups in total. The predicted octanol–water partition coefficient (Wildman–Crippen LogP) is 3.58. The lowest BCUT2D eigenvalue weighted by atomic mass is 10.1. The van der Waals surface area contributed by atoms with Crippen molar-refractivity contribution >= 4 is 0 Å². The summed E-state index contributed by atoms with van der Waals surface area (Å²) in [5, 5.41) is 0. The van der Waals surface area contributed by atoms with Crippen molar-refractivity contribution in [2.75, 3.05) is 0 Å². The first-order chi connectivity index (χ1) is 7.66. The van der Waals surface area contributed by atoms with Crippen LogP contribution in [0.1, 0.15) is 31.0 Å². The van der Waals surface area contributed by atoms with Crippen LogP contribution in [0.4, 0.5) is 0 Å². The average Bonchev–Trinajstić information content (AvgIpc) is 2.29. The van der Waals surface area contributed by atoms with Crippen LogP contribution in [-0.4, -0.2) is 9.97 Å². The quantitative estimate of drug-likeness (QED) is 0.760. The third-order valence-corrected chi connectivity index (χ3v) is 2.58. The van der Waals surface area contributed by atoms with E-state index >= 15 is 0 Å². The van der Waals surface area contributed by atoms with Crippen LogP contribution in [0.25, 0.3) is 11.3 Å². The highest BCUT2D eigenvalue weighted by Gasteiger charge is 2.03. The summed E-state index contributed by atoms with van der Waals surface area (Å²) in [4.78, 5) is 8.87. The molecule has 0 spiro atoms. The van der Waals surface area contributed by atoms with Crippen LogP contribution in [0.3, 0.4) is 0 Å². The summed E-state index contributed by atoms with van der Waals surface area (Å²) in [6.45, 7) is 6.33. The monoisotopic (exact) mass is 212 g/mol. The van der Waals surface area contributed by atoms with E-state index in [-0.39, 0.29) is 0 Å². The Morgan fingerprint density at radius 1 is 1.06 bits per heavy atom. The van der Waals surface area contributed by atoms with Crippen molar-refractivity contribution in [1.29, 1.82) is 0 Å². The summed E-state index contributed by atoms with van der Waals surface area (Å²) in [6, 6.07) is 8.31. The molecule has 2 heteroatoms. The first-order valence-corrected chi connectivity index (χ1v) is 5.56. The Balaban J connectivity index is 2.35. The van der Waals surface area contributed by atoms with Gasteiger partial charge in [0.05, 0.1) is 17.6 Å². The summed E-state index contributed by atoms with van der Waals surface area (Å²) < 4.78 is 0. The van der Waals surface area contributed by atoms with Gasteiger partial charge >= 0.3 is 0 Å². The maximum absolute atomic E-state index is 4.45. The van der Waals surface area contributed by atoms with Gasteiger partial charge in [-0.3, -0.25) is 9.97 Å². The zero-order valence-corrected chi connectivity index (χ0v) is 9.94. The molecule has 0 aliphatic heterocycles. The maximum atomic E-state index is 4.45. The van der Waals surface area contributed by atoms with Gasteiger partial charge in [0.1, 0.15) is 0 Å². The second kappa shape index (κ2) is 4.44. The van der Waals surface area contributed by atoms with Gasteiger partial charge in [0.15, 0.2) is 0 Å². The van der Waals surface area contributed by atoms with Gasteiger partial charge in [-0.2, -0.15) is 0 Å². The fourth-order valence-electron chi connectivity index (χ4n) is 1.59. The molecule has 0 unspecified atom stereocenters. The second-order valence-electron chi connectivity index (χ2n) is 4.35. The van der Waals surface area contributed by atoms with Gasteiger partial charge in [-0.25, -0.2) is 0 Å². The van der Waals surface area contributed by atoms with Crippen molar-refractivity contribution in [3.8, 4) is 11.3 Å². The normalized spacial score (nSPS) is 10.8. The summed E-state index contributed by atoms with van der Waals surface area (Å²) >= 11 is 0. The highest BCUT2D eigenvalue weighted by atomic mass is 14.8. The molecule has 0 radical (unpaired) electrons. The number of aromatic nitrogens is 2. The highest BCUT2D eigenvalue weighted by molar-refractivity contribution is 5.58. The lowest BCUT2D eigenvalue weighted by Crippen LogP contribution is -1.94. The number of hydrogen-bond donors (Lipinski definition) is 0. The molecular formula is C14H16N2. The Bertz CT molecular complexity index is 472. The van der Waals surface area contributed by atoms with Crippen LogP contribution >= 0.6 is 0 Å². The van der Waals surface area contributed by atoms with Gasteiger partial charge < -0.3 is 0 Å². The van der Waals surface area contributed by atoms with Crippen molar-refractivity contribution in [3.05, 3.63) is 47.9 Å². The van der Waals surface area contributed by atoms with Crippen LogP contribution in [0.5, 0.6) is 0 Å². The average molecular weight is 212 g/mol. The van der Waals surface area contributed by atoms with E-state index in [1.807, 2.05) is 18.5 Å². The third-order valence-electron chi connectivity index (χ3n) is 2.58. The van der Waals surface area contributed by atoms with Crippen molar-refractivity contribution in [2.45, 2.75) is 26.7 Å². The van der Waals surface area contributed by atoms with E-state index in [2.05, 4.69) is 48.9 Å². The molecule has 2 aromatic rings. The number of nitrogens with zero attached hydrogens (tertiary/aromatic N) is 2. The first-order valence-electron chi connectivity index (χ1n) is 5.56. The van der Waals surface area contributed by atoms with Crippen LogP contribution in [0, 0.1) is 6.92 Å². The fraction of sp³-hybridized carbons (Fsp3) is 0.286. The van der Waals surface area contributed by atoms with Gasteiger partial charge in [-0.1, -0.05) is 37.6 Å². The van der Waals surface area contributed by atoms with E-state index < -0.39 is 0 Å². The zero-order chi connectivity index (χ0) is 11.5. The Morgan fingerprint density at radius 2 is 1.88 bits per heavy atom. The molecule has 0 saturated carbocycles. The van der Waals surface area contributed by atoms with E-state index in [9.17, 15) is 0 Å². The predicted molar refractivity (Wildman–Crippen MR) is 66.3 cm³/mol. The number of aryl methyl sites for hydroxylation is 1. The minimum atomic E-state index is 0.430. The number of rotatable bonds is 2. The van der Waals surface area contributed by atoms with E-state index in [0.717, 1.165) is 17.0 Å². The summed E-state index contributed by atoms with van der Waals surface area (Å²) in [5.41, 5.74) is 4.35. The van der Waals surface area contributed by atoms with Gasteiger partial charge in [-0.05, 0) is 18.9 Å². The minimum absolute atomic E-state index is 0.430. The molecule has 0 atom stereocenters. The van der Waals surface area contributed by atoms with Crippen molar-refractivity contribution in [2.24, 2.45) is 0 Å². The Morgan fingerprint density at radius 3 is 2.44 bits per heavy atom. The Kier molecular flexibility index (Phi) is 3.00. The molecule has 0 amide bonds. The molecule has 1 aromatic heterocycles.